The van der Waals surface area contributed by atoms with Crippen LogP contribution in [0.15, 0.2) is 29.0 Å². The minimum atomic E-state index is -0.558. The molecule has 3 heteroatoms. The van der Waals surface area contributed by atoms with Crippen LogP contribution >= 0.6 is 0 Å². The van der Waals surface area contributed by atoms with E-state index >= 15 is 0 Å². The molecule has 0 radical (unpaired) electrons. The number of nitrogens with zero attached hydrogens (tertiary/aromatic N) is 2. The highest BCUT2D eigenvalue weighted by Crippen LogP contribution is 2.39. The van der Waals surface area contributed by atoms with Crippen molar-refractivity contribution in [3.8, 4) is 0 Å². The van der Waals surface area contributed by atoms with Crippen molar-refractivity contribution in [1.29, 1.82) is 0 Å². The van der Waals surface area contributed by atoms with Crippen LogP contribution in [0.25, 0.3) is 0 Å². The molecule has 0 bridgehead atoms. The van der Waals surface area contributed by atoms with Gasteiger partial charge in [-0.15, -0.1) is 4.91 Å². The van der Waals surface area contributed by atoms with E-state index in [-0.39, 0.29) is 0 Å². The smallest absolute Gasteiger partial charge is 0.119 e. The molecule has 1 heterocycles. The minimum Gasteiger partial charge on any atom is -0.297 e. The summed E-state index contributed by atoms with van der Waals surface area (Å²) in [5.41, 5.74) is 0.642. The van der Waals surface area contributed by atoms with Gasteiger partial charge in [0.1, 0.15) is 5.54 Å². The molecule has 0 N–H and O–H groups in total. The van der Waals surface area contributed by atoms with E-state index in [9.17, 15) is 4.91 Å². The summed E-state index contributed by atoms with van der Waals surface area (Å²) in [5.74, 6) is 0.484. The summed E-state index contributed by atoms with van der Waals surface area (Å²) in [6.45, 7) is 8.22. The van der Waals surface area contributed by atoms with Crippen molar-refractivity contribution in [2.45, 2.75) is 38.8 Å². The van der Waals surface area contributed by atoms with Crippen LogP contribution in [-0.4, -0.2) is 29.6 Å². The lowest BCUT2D eigenvalue weighted by atomic mass is 9.78. The standard InChI is InChI=1S/C13H20N2O/c1-4-15-9-8-10-11(13(2,3)14-16)6-5-7-12(10)15/h5-7,10,12H,4,8-9H2,1-3H3. The third-order valence-electron chi connectivity index (χ3n) is 3.89. The van der Waals surface area contributed by atoms with Crippen LogP contribution in [-0.2, 0) is 0 Å². The number of nitroso groups, excluding NO2 is 1. The average Bonchev–Trinajstić information content (AvgIpc) is 2.71. The molecule has 1 saturated heterocycles. The molecule has 1 aliphatic carbocycles. The SMILES string of the molecule is CCN1CCC2C(C(C)(C)N=O)=CC=CC21. The summed E-state index contributed by atoms with van der Waals surface area (Å²) in [7, 11) is 0. The van der Waals surface area contributed by atoms with Gasteiger partial charge >= 0.3 is 0 Å². The Morgan fingerprint density at radius 1 is 1.56 bits per heavy atom. The van der Waals surface area contributed by atoms with Gasteiger partial charge in [-0.2, -0.15) is 0 Å². The highest BCUT2D eigenvalue weighted by Gasteiger charge is 2.40. The lowest BCUT2D eigenvalue weighted by molar-refractivity contribution is 0.282. The van der Waals surface area contributed by atoms with Crippen LogP contribution < -0.4 is 0 Å². The molecule has 3 nitrogen and oxygen atoms in total. The largest absolute Gasteiger partial charge is 0.297 e. The molecular formula is C13H20N2O. The van der Waals surface area contributed by atoms with E-state index in [2.05, 4.69) is 35.2 Å². The quantitative estimate of drug-likeness (QED) is 0.685. The Bertz CT molecular complexity index is 344. The fourth-order valence-electron chi connectivity index (χ4n) is 2.95. The Morgan fingerprint density at radius 3 is 2.94 bits per heavy atom. The third-order valence-corrected chi connectivity index (χ3v) is 3.89. The molecule has 2 aliphatic rings. The summed E-state index contributed by atoms with van der Waals surface area (Å²) < 4.78 is 0. The number of rotatable bonds is 3. The molecular weight excluding hydrogens is 200 g/mol. The number of hydrogen-bond donors (Lipinski definition) is 0. The van der Waals surface area contributed by atoms with Gasteiger partial charge in [-0.05, 0) is 38.9 Å². The molecule has 2 atom stereocenters. The Labute approximate surface area is 97.2 Å². The highest BCUT2D eigenvalue weighted by molar-refractivity contribution is 5.34. The van der Waals surface area contributed by atoms with E-state index in [1.807, 2.05) is 13.8 Å². The Morgan fingerprint density at radius 2 is 2.31 bits per heavy atom. The maximum atomic E-state index is 10.9. The summed E-state index contributed by atoms with van der Waals surface area (Å²) in [5, 5.41) is 3.28. The average molecular weight is 220 g/mol. The maximum Gasteiger partial charge on any atom is 0.119 e. The molecule has 1 aliphatic heterocycles. The molecule has 88 valence electrons. The monoisotopic (exact) mass is 220 g/mol. The minimum absolute atomic E-state index is 0.478. The third kappa shape index (κ3) is 1.73. The second kappa shape index (κ2) is 4.13. The van der Waals surface area contributed by atoms with E-state index in [4.69, 9.17) is 0 Å². The van der Waals surface area contributed by atoms with Gasteiger partial charge in [0.05, 0.1) is 0 Å². The zero-order valence-electron chi connectivity index (χ0n) is 10.3. The van der Waals surface area contributed by atoms with Gasteiger partial charge in [0.15, 0.2) is 0 Å². The lowest BCUT2D eigenvalue weighted by Crippen LogP contribution is -2.36. The van der Waals surface area contributed by atoms with Crippen molar-refractivity contribution in [2.75, 3.05) is 13.1 Å². The van der Waals surface area contributed by atoms with Gasteiger partial charge in [0.25, 0.3) is 0 Å². The van der Waals surface area contributed by atoms with E-state index in [1.54, 1.807) is 0 Å². The molecule has 0 spiro atoms. The summed E-state index contributed by atoms with van der Waals surface area (Å²) in [4.78, 5) is 13.4. The lowest BCUT2D eigenvalue weighted by Gasteiger charge is -2.32. The van der Waals surface area contributed by atoms with Gasteiger partial charge in [-0.1, -0.05) is 30.3 Å². The van der Waals surface area contributed by atoms with Crippen molar-refractivity contribution in [1.82, 2.24) is 4.90 Å². The maximum absolute atomic E-state index is 10.9. The first-order chi connectivity index (χ1) is 7.60. The Hall–Kier alpha value is -0.960. The van der Waals surface area contributed by atoms with E-state index < -0.39 is 5.54 Å². The van der Waals surface area contributed by atoms with Gasteiger partial charge in [0, 0.05) is 12.0 Å². The van der Waals surface area contributed by atoms with Crippen LogP contribution in [0.2, 0.25) is 0 Å². The number of likely N-dealkylation sites (N-methyl/N-ethyl adjacent to an activating group) is 1. The van der Waals surface area contributed by atoms with Crippen molar-refractivity contribution in [3.63, 3.8) is 0 Å². The van der Waals surface area contributed by atoms with Crippen molar-refractivity contribution in [3.05, 3.63) is 28.7 Å². The topological polar surface area (TPSA) is 32.7 Å². The zero-order chi connectivity index (χ0) is 11.8. The van der Waals surface area contributed by atoms with Crippen LogP contribution in [0, 0.1) is 10.8 Å². The summed E-state index contributed by atoms with van der Waals surface area (Å²) in [6, 6.07) is 0.478. The molecule has 0 amide bonds. The fraction of sp³-hybridized carbons (Fsp3) is 0.692. The predicted octanol–water partition coefficient (Wildman–Crippen LogP) is 2.74. The van der Waals surface area contributed by atoms with Crippen molar-refractivity contribution in [2.24, 2.45) is 11.1 Å². The second-order valence-electron chi connectivity index (χ2n) is 5.17. The number of hydrogen-bond acceptors (Lipinski definition) is 3. The molecule has 2 rings (SSSR count). The van der Waals surface area contributed by atoms with Crippen LogP contribution in [0.4, 0.5) is 0 Å². The predicted molar refractivity (Wildman–Crippen MR) is 66.2 cm³/mol. The molecule has 2 unspecified atom stereocenters. The first-order valence-electron chi connectivity index (χ1n) is 6.07. The second-order valence-corrected chi connectivity index (χ2v) is 5.17. The van der Waals surface area contributed by atoms with Gasteiger partial charge < -0.3 is 0 Å². The fourth-order valence-corrected chi connectivity index (χ4v) is 2.95. The molecule has 1 fully saturated rings. The number of allylic oxidation sites excluding steroid dienone is 2. The normalized spacial score (nSPS) is 30.1. The molecule has 0 saturated carbocycles. The number of likely N-dealkylation sites (tertiary alicyclic amines) is 1. The Balaban J connectivity index is 2.27. The molecule has 0 aromatic heterocycles. The summed E-state index contributed by atoms with van der Waals surface area (Å²) >= 11 is 0. The highest BCUT2D eigenvalue weighted by atomic mass is 16.3. The van der Waals surface area contributed by atoms with E-state index in [1.165, 1.54) is 5.57 Å². The van der Waals surface area contributed by atoms with Crippen molar-refractivity contribution >= 4 is 0 Å². The van der Waals surface area contributed by atoms with Crippen LogP contribution in [0.1, 0.15) is 27.2 Å². The molecule has 0 aromatic carbocycles. The van der Waals surface area contributed by atoms with Gasteiger partial charge in [-0.25, -0.2) is 0 Å². The molecule has 16 heavy (non-hydrogen) atoms. The Kier molecular flexibility index (Phi) is 2.98. The van der Waals surface area contributed by atoms with Gasteiger partial charge in [-0.3, -0.25) is 4.90 Å². The van der Waals surface area contributed by atoms with E-state index in [0.29, 0.717) is 12.0 Å². The van der Waals surface area contributed by atoms with Crippen LogP contribution in [0.5, 0.6) is 0 Å². The molecule has 0 aromatic rings. The summed E-state index contributed by atoms with van der Waals surface area (Å²) in [6.07, 6.45) is 7.57. The number of fused-ring (bicyclic) bond motifs is 1. The van der Waals surface area contributed by atoms with E-state index in [0.717, 1.165) is 19.5 Å². The first-order valence-corrected chi connectivity index (χ1v) is 6.07. The van der Waals surface area contributed by atoms with Crippen LogP contribution in [0.3, 0.4) is 0 Å². The first kappa shape index (κ1) is 11.5. The van der Waals surface area contributed by atoms with Crippen molar-refractivity contribution < 1.29 is 0 Å². The zero-order valence-corrected chi connectivity index (χ0v) is 10.3. The van der Waals surface area contributed by atoms with Gasteiger partial charge in [0.2, 0.25) is 0 Å².